The summed E-state index contributed by atoms with van der Waals surface area (Å²) in [6.45, 7) is 8.67. The predicted octanol–water partition coefficient (Wildman–Crippen LogP) is 2.11. The molecule has 1 aromatic rings. The van der Waals surface area contributed by atoms with E-state index in [0.717, 1.165) is 12.2 Å². The van der Waals surface area contributed by atoms with Gasteiger partial charge in [0.1, 0.15) is 5.76 Å². The highest BCUT2D eigenvalue weighted by Gasteiger charge is 2.24. The maximum Gasteiger partial charge on any atom is 0.273 e. The van der Waals surface area contributed by atoms with Crippen LogP contribution in [0, 0.1) is 0 Å². The van der Waals surface area contributed by atoms with E-state index in [-0.39, 0.29) is 11.3 Å². The monoisotopic (exact) mass is 210 g/mol. The number of hydrogen-bond acceptors (Lipinski definition) is 3. The summed E-state index contributed by atoms with van der Waals surface area (Å²) in [4.78, 5) is 11.4. The Morgan fingerprint density at radius 1 is 1.53 bits per heavy atom. The third kappa shape index (κ3) is 2.58. The van der Waals surface area contributed by atoms with Gasteiger partial charge in [0.2, 0.25) is 0 Å². The van der Waals surface area contributed by atoms with Gasteiger partial charge in [-0.2, -0.15) is 0 Å². The standard InChI is InChI=1S/C11H18N2O2/c1-5-11(3,4)9-7-8(13-15-9)10(14)12-6-2/h7H,5-6H2,1-4H3,(H,12,14). The molecule has 0 saturated heterocycles. The van der Waals surface area contributed by atoms with E-state index in [0.29, 0.717) is 12.2 Å². The molecule has 0 saturated carbocycles. The summed E-state index contributed by atoms with van der Waals surface area (Å²) in [5.41, 5.74) is 0.283. The molecule has 1 N–H and O–H groups in total. The number of amides is 1. The first-order valence-corrected chi connectivity index (χ1v) is 5.26. The van der Waals surface area contributed by atoms with Crippen LogP contribution in [0.5, 0.6) is 0 Å². The Bertz CT molecular complexity index is 342. The first-order chi connectivity index (χ1) is 7.01. The van der Waals surface area contributed by atoms with Crippen molar-refractivity contribution in [3.05, 3.63) is 17.5 Å². The van der Waals surface area contributed by atoms with Gasteiger partial charge in [-0.25, -0.2) is 0 Å². The summed E-state index contributed by atoms with van der Waals surface area (Å²) in [5, 5.41) is 6.45. The number of rotatable bonds is 4. The van der Waals surface area contributed by atoms with Gasteiger partial charge in [-0.1, -0.05) is 25.9 Å². The summed E-state index contributed by atoms with van der Waals surface area (Å²) in [6, 6.07) is 1.72. The van der Waals surface area contributed by atoms with E-state index in [1.54, 1.807) is 6.07 Å². The Morgan fingerprint density at radius 3 is 2.73 bits per heavy atom. The van der Waals surface area contributed by atoms with Gasteiger partial charge in [-0.3, -0.25) is 4.79 Å². The van der Waals surface area contributed by atoms with E-state index in [1.807, 2.05) is 6.92 Å². The third-order valence-corrected chi connectivity index (χ3v) is 2.63. The Balaban J connectivity index is 2.85. The van der Waals surface area contributed by atoms with Crippen LogP contribution in [0.15, 0.2) is 10.6 Å². The maximum absolute atomic E-state index is 11.4. The molecular formula is C11H18N2O2. The molecule has 0 fully saturated rings. The van der Waals surface area contributed by atoms with Crippen molar-refractivity contribution in [3.8, 4) is 0 Å². The smallest absolute Gasteiger partial charge is 0.273 e. The van der Waals surface area contributed by atoms with Gasteiger partial charge in [-0.15, -0.1) is 0 Å². The van der Waals surface area contributed by atoms with Crippen LogP contribution in [0.4, 0.5) is 0 Å². The van der Waals surface area contributed by atoms with Crippen molar-refractivity contribution in [2.75, 3.05) is 6.54 Å². The van der Waals surface area contributed by atoms with Crippen molar-refractivity contribution < 1.29 is 9.32 Å². The van der Waals surface area contributed by atoms with E-state index in [9.17, 15) is 4.79 Å². The molecule has 84 valence electrons. The van der Waals surface area contributed by atoms with E-state index >= 15 is 0 Å². The van der Waals surface area contributed by atoms with Crippen molar-refractivity contribution >= 4 is 5.91 Å². The first kappa shape index (κ1) is 11.8. The molecule has 1 rings (SSSR count). The van der Waals surface area contributed by atoms with Crippen LogP contribution in [0.1, 0.15) is 50.4 Å². The normalized spacial score (nSPS) is 11.5. The van der Waals surface area contributed by atoms with Crippen LogP contribution >= 0.6 is 0 Å². The van der Waals surface area contributed by atoms with Crippen LogP contribution < -0.4 is 5.32 Å². The van der Waals surface area contributed by atoms with Crippen LogP contribution in [0.2, 0.25) is 0 Å². The van der Waals surface area contributed by atoms with E-state index in [1.165, 1.54) is 0 Å². The molecule has 4 nitrogen and oxygen atoms in total. The van der Waals surface area contributed by atoms with Crippen molar-refractivity contribution in [2.45, 2.75) is 39.5 Å². The largest absolute Gasteiger partial charge is 0.360 e. The molecule has 15 heavy (non-hydrogen) atoms. The quantitative estimate of drug-likeness (QED) is 0.828. The molecule has 0 aliphatic heterocycles. The second kappa shape index (κ2) is 4.47. The lowest BCUT2D eigenvalue weighted by atomic mass is 9.87. The van der Waals surface area contributed by atoms with Gasteiger partial charge >= 0.3 is 0 Å². The van der Waals surface area contributed by atoms with Crippen LogP contribution in [-0.2, 0) is 5.41 Å². The number of carbonyl (C=O) groups is 1. The van der Waals surface area contributed by atoms with E-state index in [2.05, 4.69) is 31.2 Å². The number of nitrogens with one attached hydrogen (secondary N) is 1. The third-order valence-electron chi connectivity index (χ3n) is 2.63. The Labute approximate surface area is 90.0 Å². The minimum Gasteiger partial charge on any atom is -0.360 e. The van der Waals surface area contributed by atoms with Gasteiger partial charge in [0.25, 0.3) is 5.91 Å². The fraction of sp³-hybridized carbons (Fsp3) is 0.636. The van der Waals surface area contributed by atoms with Gasteiger partial charge in [0, 0.05) is 18.0 Å². The fourth-order valence-electron chi connectivity index (χ4n) is 1.13. The molecule has 1 amide bonds. The molecule has 0 spiro atoms. The number of aromatic nitrogens is 1. The molecule has 0 aromatic carbocycles. The molecule has 0 radical (unpaired) electrons. The zero-order valence-corrected chi connectivity index (χ0v) is 9.76. The van der Waals surface area contributed by atoms with Crippen molar-refractivity contribution in [1.29, 1.82) is 0 Å². The zero-order chi connectivity index (χ0) is 11.5. The number of nitrogens with zero attached hydrogens (tertiary/aromatic N) is 1. The Kier molecular flexibility index (Phi) is 3.50. The van der Waals surface area contributed by atoms with E-state index in [4.69, 9.17) is 4.52 Å². The van der Waals surface area contributed by atoms with Gasteiger partial charge in [0.05, 0.1) is 0 Å². The molecule has 4 heteroatoms. The summed E-state index contributed by atoms with van der Waals surface area (Å²) in [6.07, 6.45) is 0.941. The minimum absolute atomic E-state index is 0.0717. The van der Waals surface area contributed by atoms with Gasteiger partial charge in [-0.05, 0) is 13.3 Å². The average molecular weight is 210 g/mol. The molecule has 0 aliphatic carbocycles. The second-order valence-electron chi connectivity index (χ2n) is 4.17. The highest BCUT2D eigenvalue weighted by molar-refractivity contribution is 5.92. The highest BCUT2D eigenvalue weighted by atomic mass is 16.5. The van der Waals surface area contributed by atoms with Gasteiger partial charge < -0.3 is 9.84 Å². The number of carbonyl (C=O) groups excluding carboxylic acids is 1. The Hall–Kier alpha value is -1.32. The van der Waals surface area contributed by atoms with Crippen molar-refractivity contribution in [3.63, 3.8) is 0 Å². The lowest BCUT2D eigenvalue weighted by Crippen LogP contribution is -2.23. The molecule has 0 unspecified atom stereocenters. The van der Waals surface area contributed by atoms with Gasteiger partial charge in [0.15, 0.2) is 5.69 Å². The lowest BCUT2D eigenvalue weighted by Gasteiger charge is -2.17. The van der Waals surface area contributed by atoms with Crippen molar-refractivity contribution in [2.24, 2.45) is 0 Å². The highest BCUT2D eigenvalue weighted by Crippen LogP contribution is 2.26. The van der Waals surface area contributed by atoms with Crippen LogP contribution in [0.3, 0.4) is 0 Å². The topological polar surface area (TPSA) is 55.1 Å². The van der Waals surface area contributed by atoms with E-state index < -0.39 is 0 Å². The molecule has 0 bridgehead atoms. The number of hydrogen-bond donors (Lipinski definition) is 1. The Morgan fingerprint density at radius 2 is 2.20 bits per heavy atom. The minimum atomic E-state index is -0.181. The molecule has 0 aliphatic rings. The fourth-order valence-corrected chi connectivity index (χ4v) is 1.13. The second-order valence-corrected chi connectivity index (χ2v) is 4.17. The first-order valence-electron chi connectivity index (χ1n) is 5.26. The zero-order valence-electron chi connectivity index (χ0n) is 9.76. The molecule has 1 aromatic heterocycles. The summed E-state index contributed by atoms with van der Waals surface area (Å²) < 4.78 is 5.18. The summed E-state index contributed by atoms with van der Waals surface area (Å²) >= 11 is 0. The van der Waals surface area contributed by atoms with Crippen molar-refractivity contribution in [1.82, 2.24) is 10.5 Å². The van der Waals surface area contributed by atoms with Crippen LogP contribution in [0.25, 0.3) is 0 Å². The predicted molar refractivity (Wildman–Crippen MR) is 57.8 cm³/mol. The summed E-state index contributed by atoms with van der Waals surface area (Å²) in [7, 11) is 0. The molecule has 1 heterocycles. The average Bonchev–Trinajstić information content (AvgIpc) is 2.67. The molecular weight excluding hydrogens is 192 g/mol. The van der Waals surface area contributed by atoms with Crippen LogP contribution in [-0.4, -0.2) is 17.6 Å². The summed E-state index contributed by atoms with van der Waals surface area (Å²) in [5.74, 6) is 0.575. The lowest BCUT2D eigenvalue weighted by molar-refractivity contribution is 0.0946. The molecule has 0 atom stereocenters. The maximum atomic E-state index is 11.4. The SMILES string of the molecule is CCNC(=O)c1cc(C(C)(C)CC)on1.